The van der Waals surface area contributed by atoms with E-state index in [4.69, 9.17) is 18.9 Å². The zero-order valence-corrected chi connectivity index (χ0v) is 29.1. The first kappa shape index (κ1) is 42.3. The number of ether oxygens (including phenoxy) is 4. The predicted octanol–water partition coefficient (Wildman–Crippen LogP) is 7.82. The zero-order valence-electron chi connectivity index (χ0n) is 29.1. The van der Waals surface area contributed by atoms with Crippen LogP contribution in [0.3, 0.4) is 0 Å². The average Bonchev–Trinajstić information content (AvgIpc) is 2.96. The van der Waals surface area contributed by atoms with Crippen LogP contribution in [-0.4, -0.2) is 87.4 Å². The van der Waals surface area contributed by atoms with E-state index in [0.29, 0.717) is 17.4 Å². The predicted molar refractivity (Wildman–Crippen MR) is 175 cm³/mol. The van der Waals surface area contributed by atoms with E-state index >= 15 is 0 Å². The van der Waals surface area contributed by atoms with E-state index in [2.05, 4.69) is 13.8 Å². The van der Waals surface area contributed by atoms with Gasteiger partial charge in [-0.25, -0.2) is 4.79 Å². The van der Waals surface area contributed by atoms with Gasteiger partial charge < -0.3 is 28.5 Å². The Morgan fingerprint density at radius 2 is 1.02 bits per heavy atom. The molecular formula is C35H68NO8+. The van der Waals surface area contributed by atoms with Crippen LogP contribution in [0.1, 0.15) is 149 Å². The van der Waals surface area contributed by atoms with Crippen LogP contribution in [0.2, 0.25) is 0 Å². The lowest BCUT2D eigenvalue weighted by molar-refractivity contribution is -0.870. The quantitative estimate of drug-likeness (QED) is 0.0347. The highest BCUT2D eigenvalue weighted by Gasteiger charge is 2.25. The van der Waals surface area contributed by atoms with E-state index in [-0.39, 0.29) is 32.2 Å². The van der Waals surface area contributed by atoms with Crippen molar-refractivity contribution in [2.45, 2.75) is 161 Å². The van der Waals surface area contributed by atoms with Crippen LogP contribution in [0.4, 0.5) is 0 Å². The number of carbonyl (C=O) groups is 3. The lowest BCUT2D eigenvalue weighted by Gasteiger charge is -2.25. The van der Waals surface area contributed by atoms with Crippen molar-refractivity contribution in [1.29, 1.82) is 0 Å². The highest BCUT2D eigenvalue weighted by Crippen LogP contribution is 2.14. The highest BCUT2D eigenvalue weighted by atomic mass is 16.7. The molecule has 0 aromatic rings. The Morgan fingerprint density at radius 3 is 1.45 bits per heavy atom. The highest BCUT2D eigenvalue weighted by molar-refractivity contribution is 5.71. The Bertz CT molecular complexity index is 709. The van der Waals surface area contributed by atoms with Gasteiger partial charge >= 0.3 is 17.9 Å². The molecule has 0 aliphatic rings. The van der Waals surface area contributed by atoms with Crippen molar-refractivity contribution in [2.75, 3.05) is 47.5 Å². The summed E-state index contributed by atoms with van der Waals surface area (Å²) in [6, 6.07) is 0. The van der Waals surface area contributed by atoms with Gasteiger partial charge in [0.05, 0.1) is 34.4 Å². The van der Waals surface area contributed by atoms with Crippen molar-refractivity contribution in [3.8, 4) is 0 Å². The van der Waals surface area contributed by atoms with Crippen LogP contribution in [0, 0.1) is 0 Å². The number of carboxylic acid groups (broad SMARTS) is 1. The number of quaternary nitrogens is 1. The molecule has 0 aliphatic carbocycles. The third-order valence-corrected chi connectivity index (χ3v) is 7.61. The van der Waals surface area contributed by atoms with Gasteiger partial charge in [0.2, 0.25) is 0 Å². The van der Waals surface area contributed by atoms with E-state index in [0.717, 1.165) is 38.5 Å². The normalized spacial score (nSPS) is 13.0. The van der Waals surface area contributed by atoms with Crippen molar-refractivity contribution in [3.05, 3.63) is 0 Å². The van der Waals surface area contributed by atoms with Gasteiger partial charge in [0.1, 0.15) is 13.2 Å². The molecule has 0 heterocycles. The molecule has 0 fully saturated rings. The lowest BCUT2D eigenvalue weighted by Crippen LogP contribution is -2.40. The molecule has 0 bridgehead atoms. The summed E-state index contributed by atoms with van der Waals surface area (Å²) in [6.07, 6.45) is 20.4. The van der Waals surface area contributed by atoms with Crippen LogP contribution in [0.15, 0.2) is 0 Å². The van der Waals surface area contributed by atoms with Crippen LogP contribution >= 0.6 is 0 Å². The number of hydrogen-bond acceptors (Lipinski definition) is 7. The number of hydrogen-bond donors (Lipinski definition) is 1. The molecular weight excluding hydrogens is 562 g/mol. The van der Waals surface area contributed by atoms with Crippen LogP contribution in [0.25, 0.3) is 0 Å². The number of unbranched alkanes of at least 4 members (excludes halogenated alkanes) is 17. The third-order valence-electron chi connectivity index (χ3n) is 7.61. The molecule has 2 unspecified atom stereocenters. The summed E-state index contributed by atoms with van der Waals surface area (Å²) < 4.78 is 22.5. The second-order valence-corrected chi connectivity index (χ2v) is 13.2. The number of carboxylic acids is 1. The van der Waals surface area contributed by atoms with Gasteiger partial charge in [-0.1, -0.05) is 123 Å². The summed E-state index contributed by atoms with van der Waals surface area (Å²) in [4.78, 5) is 36.5. The van der Waals surface area contributed by atoms with E-state index < -0.39 is 24.3 Å². The molecule has 1 N–H and O–H groups in total. The first-order chi connectivity index (χ1) is 21.1. The van der Waals surface area contributed by atoms with Crippen molar-refractivity contribution in [2.24, 2.45) is 0 Å². The van der Waals surface area contributed by atoms with Gasteiger partial charge in [0.25, 0.3) is 6.29 Å². The molecule has 260 valence electrons. The SMILES string of the molecule is CCCCCCCCCCCCCCCC(=O)OC(COC(=O)CCCCCCCC)COC(OCC[N+](C)(C)C)C(=O)O. The smallest absolute Gasteiger partial charge is 0.361 e. The van der Waals surface area contributed by atoms with Gasteiger partial charge in [0.15, 0.2) is 6.10 Å². The fraction of sp³-hybridized carbons (Fsp3) is 0.914. The number of aliphatic carboxylic acids is 1. The van der Waals surface area contributed by atoms with Crippen molar-refractivity contribution in [1.82, 2.24) is 0 Å². The second kappa shape index (κ2) is 28.7. The molecule has 2 atom stereocenters. The van der Waals surface area contributed by atoms with Crippen molar-refractivity contribution >= 4 is 17.9 Å². The maximum absolute atomic E-state index is 12.6. The fourth-order valence-corrected chi connectivity index (χ4v) is 4.77. The summed E-state index contributed by atoms with van der Waals surface area (Å²) in [6.45, 7) is 4.79. The molecule has 0 rings (SSSR count). The Hall–Kier alpha value is -1.71. The van der Waals surface area contributed by atoms with Gasteiger partial charge in [-0.15, -0.1) is 0 Å². The van der Waals surface area contributed by atoms with Gasteiger partial charge in [-0.2, -0.15) is 0 Å². The minimum atomic E-state index is -1.50. The molecule has 9 heteroatoms. The van der Waals surface area contributed by atoms with E-state index in [9.17, 15) is 19.5 Å². The van der Waals surface area contributed by atoms with Crippen LogP contribution < -0.4 is 0 Å². The van der Waals surface area contributed by atoms with Crippen LogP contribution in [0.5, 0.6) is 0 Å². The Kier molecular flexibility index (Phi) is 27.6. The number of esters is 2. The molecule has 0 aromatic carbocycles. The monoisotopic (exact) mass is 630 g/mol. The summed E-state index contributed by atoms with van der Waals surface area (Å²) in [5.41, 5.74) is 0. The number of rotatable bonds is 32. The maximum Gasteiger partial charge on any atom is 0.361 e. The molecule has 0 amide bonds. The molecule has 44 heavy (non-hydrogen) atoms. The first-order valence-corrected chi connectivity index (χ1v) is 17.7. The number of carbonyl (C=O) groups excluding carboxylic acids is 2. The van der Waals surface area contributed by atoms with Crippen LogP contribution in [-0.2, 0) is 33.3 Å². The molecule has 0 spiro atoms. The summed E-state index contributed by atoms with van der Waals surface area (Å²) >= 11 is 0. The molecule has 9 nitrogen and oxygen atoms in total. The molecule has 0 saturated heterocycles. The lowest BCUT2D eigenvalue weighted by atomic mass is 10.0. The van der Waals surface area contributed by atoms with E-state index in [1.807, 2.05) is 21.1 Å². The largest absolute Gasteiger partial charge is 0.477 e. The standard InChI is InChI=1S/C35H67NO8/c1-6-8-10-12-14-15-16-17-18-19-20-22-24-26-33(38)44-31(29-42-32(37)25-23-21-13-11-9-7-2)30-43-35(34(39)40)41-28-27-36(3,4)5/h31,35H,6-30H2,1-5H3/p+1. The number of likely N-dealkylation sites (N-methyl/N-ethyl adjacent to an activating group) is 1. The first-order valence-electron chi connectivity index (χ1n) is 17.7. The average molecular weight is 631 g/mol. The summed E-state index contributed by atoms with van der Waals surface area (Å²) in [7, 11) is 5.94. The third kappa shape index (κ3) is 29.0. The summed E-state index contributed by atoms with van der Waals surface area (Å²) in [5, 5.41) is 9.53. The van der Waals surface area contributed by atoms with Gasteiger partial charge in [-0.05, 0) is 12.8 Å². The number of nitrogens with zero attached hydrogens (tertiary/aromatic N) is 1. The maximum atomic E-state index is 12.6. The zero-order chi connectivity index (χ0) is 32.9. The molecule has 0 saturated carbocycles. The minimum Gasteiger partial charge on any atom is -0.477 e. The van der Waals surface area contributed by atoms with E-state index in [1.54, 1.807) is 0 Å². The second-order valence-electron chi connectivity index (χ2n) is 13.2. The van der Waals surface area contributed by atoms with Crippen molar-refractivity contribution in [3.63, 3.8) is 0 Å². The molecule has 0 aromatic heterocycles. The van der Waals surface area contributed by atoms with Crippen molar-refractivity contribution < 1.29 is 42.9 Å². The van der Waals surface area contributed by atoms with Gasteiger partial charge in [0, 0.05) is 12.8 Å². The Labute approximate surface area is 269 Å². The molecule has 0 radical (unpaired) electrons. The minimum absolute atomic E-state index is 0.176. The fourth-order valence-electron chi connectivity index (χ4n) is 4.77. The topological polar surface area (TPSA) is 108 Å². The Morgan fingerprint density at radius 1 is 0.591 bits per heavy atom. The van der Waals surface area contributed by atoms with E-state index in [1.165, 1.54) is 83.5 Å². The Balaban J connectivity index is 4.51. The summed E-state index contributed by atoms with van der Waals surface area (Å²) in [5.74, 6) is -2.01. The molecule has 0 aliphatic heterocycles. The van der Waals surface area contributed by atoms with Gasteiger partial charge in [-0.3, -0.25) is 9.59 Å².